The zero-order chi connectivity index (χ0) is 14.2. The van der Waals surface area contributed by atoms with Crippen molar-refractivity contribution in [3.63, 3.8) is 0 Å². The third-order valence-corrected chi connectivity index (χ3v) is 4.47. The number of carboxylic acid groups (broad SMARTS) is 1. The van der Waals surface area contributed by atoms with Gasteiger partial charge in [0.1, 0.15) is 0 Å². The molecule has 0 atom stereocenters. The molecule has 0 saturated carbocycles. The molecule has 2 aromatic rings. The van der Waals surface area contributed by atoms with Crippen LogP contribution in [0.25, 0.3) is 10.4 Å². The molecule has 6 heteroatoms. The van der Waals surface area contributed by atoms with Crippen LogP contribution in [0.1, 0.15) is 35.3 Å². The van der Waals surface area contributed by atoms with Crippen molar-refractivity contribution in [2.45, 2.75) is 19.8 Å². The van der Waals surface area contributed by atoms with Crippen molar-refractivity contribution in [1.29, 1.82) is 0 Å². The van der Waals surface area contributed by atoms with Gasteiger partial charge in [-0.3, -0.25) is 0 Å². The molecule has 1 N–H and O–H groups in total. The summed E-state index contributed by atoms with van der Waals surface area (Å²) in [6.45, 7) is 3.93. The summed E-state index contributed by atoms with van der Waals surface area (Å²) in [5.41, 5.74) is 0.633. The molecule has 0 fully saturated rings. The lowest BCUT2D eigenvalue weighted by atomic mass is 10.1. The van der Waals surface area contributed by atoms with Crippen molar-refractivity contribution in [3.05, 3.63) is 38.9 Å². The molecule has 0 unspecified atom stereocenters. The Labute approximate surface area is 124 Å². The Morgan fingerprint density at radius 3 is 2.63 bits per heavy atom. The van der Waals surface area contributed by atoms with Gasteiger partial charge in [0, 0.05) is 21.5 Å². The van der Waals surface area contributed by atoms with Gasteiger partial charge in [-0.25, -0.2) is 9.78 Å². The predicted molar refractivity (Wildman–Crippen MR) is 78.6 cm³/mol. The highest BCUT2D eigenvalue weighted by Gasteiger charge is 2.21. The molecule has 0 bridgehead atoms. The minimum absolute atomic E-state index is 0.0258. The summed E-state index contributed by atoms with van der Waals surface area (Å²) < 4.78 is 0. The molecular weight excluding hydrogens is 305 g/mol. The number of hydrogen-bond acceptors (Lipinski definition) is 3. The van der Waals surface area contributed by atoms with Crippen LogP contribution >= 0.6 is 34.5 Å². The molecule has 0 aliphatic rings. The van der Waals surface area contributed by atoms with Crippen molar-refractivity contribution in [3.8, 4) is 10.4 Å². The van der Waals surface area contributed by atoms with E-state index in [2.05, 4.69) is 4.98 Å². The highest BCUT2D eigenvalue weighted by molar-refractivity contribution is 7.15. The fourth-order valence-corrected chi connectivity index (χ4v) is 3.11. The van der Waals surface area contributed by atoms with Gasteiger partial charge < -0.3 is 5.11 Å². The van der Waals surface area contributed by atoms with Gasteiger partial charge in [0.05, 0.1) is 9.88 Å². The maximum absolute atomic E-state index is 11.3. The van der Waals surface area contributed by atoms with Gasteiger partial charge in [0.15, 0.2) is 5.69 Å². The second-order valence-corrected chi connectivity index (χ2v) is 6.19. The van der Waals surface area contributed by atoms with E-state index in [0.717, 1.165) is 5.01 Å². The zero-order valence-corrected chi connectivity index (χ0v) is 12.6. The third kappa shape index (κ3) is 2.91. The predicted octanol–water partition coefficient (Wildman–Crippen LogP) is 4.94. The number of halogens is 2. The second kappa shape index (κ2) is 5.49. The molecule has 19 heavy (non-hydrogen) atoms. The van der Waals surface area contributed by atoms with Gasteiger partial charge in [-0.2, -0.15) is 0 Å². The molecule has 0 spiro atoms. The highest BCUT2D eigenvalue weighted by Crippen LogP contribution is 2.38. The minimum atomic E-state index is -1.06. The van der Waals surface area contributed by atoms with Crippen LogP contribution in [0.3, 0.4) is 0 Å². The molecule has 1 heterocycles. The van der Waals surface area contributed by atoms with Crippen LogP contribution in [0.5, 0.6) is 0 Å². The lowest BCUT2D eigenvalue weighted by Crippen LogP contribution is -1.99. The first-order chi connectivity index (χ1) is 8.90. The Hall–Kier alpha value is -1.10. The molecule has 0 saturated heterocycles. The lowest BCUT2D eigenvalue weighted by Gasteiger charge is -2.03. The van der Waals surface area contributed by atoms with E-state index in [1.54, 1.807) is 18.2 Å². The fraction of sp³-hybridized carbons (Fsp3) is 0.231. The number of benzene rings is 1. The first-order valence-corrected chi connectivity index (χ1v) is 7.16. The Kier molecular flexibility index (Phi) is 4.13. The average molecular weight is 316 g/mol. The molecule has 0 amide bonds. The molecule has 2 rings (SSSR count). The Bertz CT molecular complexity index is 638. The fourth-order valence-electron chi connectivity index (χ4n) is 1.58. The first-order valence-electron chi connectivity index (χ1n) is 5.59. The number of aromatic nitrogens is 1. The van der Waals surface area contributed by atoms with Crippen molar-refractivity contribution in [1.82, 2.24) is 4.98 Å². The number of hydrogen-bond donors (Lipinski definition) is 1. The maximum atomic E-state index is 11.3. The van der Waals surface area contributed by atoms with E-state index in [4.69, 9.17) is 23.2 Å². The Morgan fingerprint density at radius 2 is 2.05 bits per heavy atom. The summed E-state index contributed by atoms with van der Waals surface area (Å²) in [6, 6.07) is 4.98. The van der Waals surface area contributed by atoms with Crippen LogP contribution in [-0.2, 0) is 0 Å². The van der Waals surface area contributed by atoms with E-state index >= 15 is 0 Å². The van der Waals surface area contributed by atoms with E-state index in [-0.39, 0.29) is 11.6 Å². The maximum Gasteiger partial charge on any atom is 0.356 e. The number of thiazole rings is 1. The monoisotopic (exact) mass is 315 g/mol. The molecule has 0 aliphatic carbocycles. The van der Waals surface area contributed by atoms with Gasteiger partial charge in [-0.15, -0.1) is 11.3 Å². The third-order valence-electron chi connectivity index (χ3n) is 2.51. The molecule has 1 aromatic heterocycles. The average Bonchev–Trinajstić information content (AvgIpc) is 2.77. The van der Waals surface area contributed by atoms with Crippen LogP contribution in [0.4, 0.5) is 0 Å². The molecular formula is C13H11Cl2NO2S. The lowest BCUT2D eigenvalue weighted by molar-refractivity contribution is 0.0692. The number of aromatic carboxylic acids is 1. The van der Waals surface area contributed by atoms with E-state index in [1.165, 1.54) is 11.3 Å². The van der Waals surface area contributed by atoms with Gasteiger partial charge in [0.2, 0.25) is 0 Å². The summed E-state index contributed by atoms with van der Waals surface area (Å²) in [5, 5.41) is 11.0. The van der Waals surface area contributed by atoms with Crippen LogP contribution in [0, 0.1) is 0 Å². The highest BCUT2D eigenvalue weighted by atomic mass is 35.5. The summed E-state index contributed by atoms with van der Waals surface area (Å²) in [7, 11) is 0. The molecule has 0 radical (unpaired) electrons. The summed E-state index contributed by atoms with van der Waals surface area (Å²) >= 11 is 13.4. The van der Waals surface area contributed by atoms with Crippen LogP contribution in [0.15, 0.2) is 18.2 Å². The Balaban J connectivity index is 2.66. The number of nitrogens with zero attached hydrogens (tertiary/aromatic N) is 1. The summed E-state index contributed by atoms with van der Waals surface area (Å²) in [5.74, 6) is -0.899. The number of carbonyl (C=O) groups is 1. The van der Waals surface area contributed by atoms with E-state index in [9.17, 15) is 9.90 Å². The zero-order valence-electron chi connectivity index (χ0n) is 10.3. The van der Waals surface area contributed by atoms with Gasteiger partial charge in [0.25, 0.3) is 0 Å². The SMILES string of the molecule is CC(C)c1nc(C(=O)O)c(-c2cc(Cl)ccc2Cl)s1. The van der Waals surface area contributed by atoms with Crippen molar-refractivity contribution in [2.24, 2.45) is 0 Å². The topological polar surface area (TPSA) is 50.2 Å². The van der Waals surface area contributed by atoms with Gasteiger partial charge in [-0.05, 0) is 18.2 Å². The van der Waals surface area contributed by atoms with Crippen LogP contribution in [-0.4, -0.2) is 16.1 Å². The van der Waals surface area contributed by atoms with E-state index in [0.29, 0.717) is 20.5 Å². The summed E-state index contributed by atoms with van der Waals surface area (Å²) in [6.07, 6.45) is 0. The van der Waals surface area contributed by atoms with E-state index < -0.39 is 5.97 Å². The largest absolute Gasteiger partial charge is 0.476 e. The second-order valence-electron chi connectivity index (χ2n) is 4.31. The van der Waals surface area contributed by atoms with Crippen LogP contribution in [0.2, 0.25) is 10.0 Å². The number of rotatable bonds is 3. The van der Waals surface area contributed by atoms with Crippen LogP contribution < -0.4 is 0 Å². The standard InChI is InChI=1S/C13H11Cl2NO2S/c1-6(2)12-16-10(13(17)18)11(19-12)8-5-7(14)3-4-9(8)15/h3-6H,1-2H3,(H,17,18). The Morgan fingerprint density at radius 1 is 1.37 bits per heavy atom. The van der Waals surface area contributed by atoms with Gasteiger partial charge >= 0.3 is 5.97 Å². The van der Waals surface area contributed by atoms with Crippen molar-refractivity contribution in [2.75, 3.05) is 0 Å². The van der Waals surface area contributed by atoms with Gasteiger partial charge in [-0.1, -0.05) is 37.0 Å². The van der Waals surface area contributed by atoms with Crippen molar-refractivity contribution < 1.29 is 9.90 Å². The van der Waals surface area contributed by atoms with E-state index in [1.807, 2.05) is 13.8 Å². The number of carboxylic acids is 1. The first kappa shape index (κ1) is 14.3. The normalized spacial score (nSPS) is 11.0. The molecule has 3 nitrogen and oxygen atoms in total. The molecule has 0 aliphatic heterocycles. The minimum Gasteiger partial charge on any atom is -0.476 e. The smallest absolute Gasteiger partial charge is 0.356 e. The quantitative estimate of drug-likeness (QED) is 0.872. The molecule has 100 valence electrons. The molecule has 1 aromatic carbocycles. The van der Waals surface area contributed by atoms with Crippen molar-refractivity contribution >= 4 is 40.5 Å². The summed E-state index contributed by atoms with van der Waals surface area (Å²) in [4.78, 5) is 16.0.